The van der Waals surface area contributed by atoms with Crippen molar-refractivity contribution in [1.82, 2.24) is 10.3 Å². The quantitative estimate of drug-likeness (QED) is 0.838. The molecule has 0 fully saturated rings. The fourth-order valence-corrected chi connectivity index (χ4v) is 2.59. The van der Waals surface area contributed by atoms with Gasteiger partial charge in [-0.1, -0.05) is 11.6 Å². The molecule has 0 spiro atoms. The molecule has 0 bridgehead atoms. The van der Waals surface area contributed by atoms with Crippen LogP contribution in [-0.4, -0.2) is 22.4 Å². The second kappa shape index (κ2) is 6.13. The van der Waals surface area contributed by atoms with Crippen molar-refractivity contribution in [3.63, 3.8) is 0 Å². The summed E-state index contributed by atoms with van der Waals surface area (Å²) < 4.78 is 5.69. The molecule has 1 aliphatic heterocycles. The van der Waals surface area contributed by atoms with Gasteiger partial charge >= 0.3 is 0 Å². The molecule has 0 aliphatic carbocycles. The highest BCUT2D eigenvalue weighted by Crippen LogP contribution is 2.35. The molecule has 7 heteroatoms. The van der Waals surface area contributed by atoms with E-state index < -0.39 is 17.4 Å². The van der Waals surface area contributed by atoms with E-state index in [0.29, 0.717) is 16.5 Å². The molecular weight excluding hydrogens is 330 g/mol. The van der Waals surface area contributed by atoms with E-state index in [4.69, 9.17) is 16.3 Å². The first-order valence-electron chi connectivity index (χ1n) is 7.41. The maximum absolute atomic E-state index is 12.7. The number of fused-ring (bicyclic) bond motifs is 1. The van der Waals surface area contributed by atoms with Gasteiger partial charge in [0.15, 0.2) is 0 Å². The molecule has 0 saturated heterocycles. The van der Waals surface area contributed by atoms with Gasteiger partial charge in [-0.25, -0.2) is 0 Å². The van der Waals surface area contributed by atoms with Crippen molar-refractivity contribution < 1.29 is 14.3 Å². The highest BCUT2D eigenvalue weighted by molar-refractivity contribution is 6.31. The van der Waals surface area contributed by atoms with Gasteiger partial charge in [0, 0.05) is 17.4 Å². The summed E-state index contributed by atoms with van der Waals surface area (Å²) in [5, 5.41) is 5.94. The highest BCUT2D eigenvalue weighted by atomic mass is 35.5. The molecule has 2 heterocycles. The first-order valence-corrected chi connectivity index (χ1v) is 7.79. The maximum atomic E-state index is 12.7. The Morgan fingerprint density at radius 1 is 1.33 bits per heavy atom. The van der Waals surface area contributed by atoms with Crippen LogP contribution in [0.15, 0.2) is 42.7 Å². The van der Waals surface area contributed by atoms with Gasteiger partial charge in [-0.05, 0) is 49.7 Å². The van der Waals surface area contributed by atoms with Crippen LogP contribution in [-0.2, 0) is 9.59 Å². The standard InChI is InChI=1S/C17H16ClN3O3/c1-10(11-5-7-19-8-6-11)20-15(22)17(2)16(23)21-13-9-12(18)3-4-14(13)24-17/h3-10H,1-2H3,(H,20,22)(H,21,23). The van der Waals surface area contributed by atoms with Gasteiger partial charge in [-0.3, -0.25) is 14.6 Å². The van der Waals surface area contributed by atoms with Gasteiger partial charge in [0.1, 0.15) is 5.75 Å². The number of anilines is 1. The summed E-state index contributed by atoms with van der Waals surface area (Å²) >= 11 is 5.90. The predicted octanol–water partition coefficient (Wildman–Crippen LogP) is 2.70. The maximum Gasteiger partial charge on any atom is 0.278 e. The summed E-state index contributed by atoms with van der Waals surface area (Å²) in [4.78, 5) is 29.0. The van der Waals surface area contributed by atoms with E-state index in [0.717, 1.165) is 5.56 Å². The molecule has 2 amide bonds. The molecular formula is C17H16ClN3O3. The monoisotopic (exact) mass is 345 g/mol. The summed E-state index contributed by atoms with van der Waals surface area (Å²) in [5.74, 6) is -0.671. The van der Waals surface area contributed by atoms with Crippen LogP contribution in [0, 0.1) is 0 Å². The first kappa shape index (κ1) is 16.3. The molecule has 2 aromatic rings. The van der Waals surface area contributed by atoms with Gasteiger partial charge in [-0.2, -0.15) is 0 Å². The number of rotatable bonds is 3. The molecule has 0 radical (unpaired) electrons. The van der Waals surface area contributed by atoms with Crippen molar-refractivity contribution in [3.8, 4) is 5.75 Å². The van der Waals surface area contributed by atoms with Crippen LogP contribution in [0.2, 0.25) is 5.02 Å². The van der Waals surface area contributed by atoms with Crippen LogP contribution in [0.5, 0.6) is 5.75 Å². The summed E-state index contributed by atoms with van der Waals surface area (Å²) in [7, 11) is 0. The van der Waals surface area contributed by atoms with Crippen LogP contribution in [0.25, 0.3) is 0 Å². The number of carbonyl (C=O) groups excluding carboxylic acids is 2. The molecule has 2 unspecified atom stereocenters. The molecule has 2 atom stereocenters. The number of benzene rings is 1. The third kappa shape index (κ3) is 2.92. The molecule has 2 N–H and O–H groups in total. The second-order valence-corrected chi connectivity index (χ2v) is 6.14. The molecule has 1 aromatic heterocycles. The zero-order chi connectivity index (χ0) is 17.3. The molecule has 0 saturated carbocycles. The summed E-state index contributed by atoms with van der Waals surface area (Å²) in [6.07, 6.45) is 3.28. The van der Waals surface area contributed by atoms with Gasteiger partial charge in [0.25, 0.3) is 17.4 Å². The Morgan fingerprint density at radius 3 is 2.75 bits per heavy atom. The lowest BCUT2D eigenvalue weighted by Gasteiger charge is -2.34. The lowest BCUT2D eigenvalue weighted by molar-refractivity contribution is -0.147. The van der Waals surface area contributed by atoms with Crippen molar-refractivity contribution in [3.05, 3.63) is 53.3 Å². The molecule has 1 aliphatic rings. The lowest BCUT2D eigenvalue weighted by atomic mass is 10.0. The highest BCUT2D eigenvalue weighted by Gasteiger charge is 2.47. The number of pyridine rings is 1. The third-order valence-electron chi connectivity index (χ3n) is 3.92. The van der Waals surface area contributed by atoms with Crippen LogP contribution >= 0.6 is 11.6 Å². The molecule has 3 rings (SSSR count). The van der Waals surface area contributed by atoms with E-state index in [1.807, 2.05) is 6.92 Å². The Bertz CT molecular complexity index is 797. The number of hydrogen-bond donors (Lipinski definition) is 2. The van der Waals surface area contributed by atoms with Gasteiger partial charge in [0.05, 0.1) is 11.7 Å². The van der Waals surface area contributed by atoms with Crippen molar-refractivity contribution >= 4 is 29.1 Å². The summed E-state index contributed by atoms with van der Waals surface area (Å²) in [6, 6.07) is 8.13. The van der Waals surface area contributed by atoms with E-state index in [-0.39, 0.29) is 6.04 Å². The Kier molecular flexibility index (Phi) is 4.15. The summed E-state index contributed by atoms with van der Waals surface area (Å²) in [6.45, 7) is 3.26. The SMILES string of the molecule is CC(NC(=O)C1(C)Oc2ccc(Cl)cc2NC1=O)c1ccncc1. The number of aromatic nitrogens is 1. The number of amides is 2. The minimum absolute atomic E-state index is 0.291. The minimum atomic E-state index is -1.66. The van der Waals surface area contributed by atoms with Crippen molar-refractivity contribution in [2.24, 2.45) is 0 Å². The number of halogens is 1. The number of nitrogens with one attached hydrogen (secondary N) is 2. The lowest BCUT2D eigenvalue weighted by Crippen LogP contribution is -2.59. The normalized spacial score (nSPS) is 20.4. The smallest absolute Gasteiger partial charge is 0.278 e. The first-order chi connectivity index (χ1) is 11.4. The zero-order valence-corrected chi connectivity index (χ0v) is 13.9. The fraction of sp³-hybridized carbons (Fsp3) is 0.235. The molecule has 24 heavy (non-hydrogen) atoms. The van der Waals surface area contributed by atoms with Crippen LogP contribution in [0.4, 0.5) is 5.69 Å². The average Bonchev–Trinajstić information content (AvgIpc) is 2.57. The van der Waals surface area contributed by atoms with E-state index >= 15 is 0 Å². The Hall–Kier alpha value is -2.60. The Balaban J connectivity index is 1.81. The Labute approximate surface area is 144 Å². The largest absolute Gasteiger partial charge is 0.466 e. The number of carbonyl (C=O) groups is 2. The number of ether oxygens (including phenoxy) is 1. The van der Waals surface area contributed by atoms with Crippen molar-refractivity contribution in [2.75, 3.05) is 5.32 Å². The van der Waals surface area contributed by atoms with Gasteiger partial charge in [-0.15, -0.1) is 0 Å². The van der Waals surface area contributed by atoms with E-state index in [2.05, 4.69) is 15.6 Å². The van der Waals surface area contributed by atoms with Crippen LogP contribution < -0.4 is 15.4 Å². The van der Waals surface area contributed by atoms with Crippen LogP contribution in [0.3, 0.4) is 0 Å². The third-order valence-corrected chi connectivity index (χ3v) is 4.16. The molecule has 6 nitrogen and oxygen atoms in total. The number of hydrogen-bond acceptors (Lipinski definition) is 4. The second-order valence-electron chi connectivity index (χ2n) is 5.71. The topological polar surface area (TPSA) is 80.3 Å². The van der Waals surface area contributed by atoms with E-state index in [1.165, 1.54) is 6.92 Å². The molecule has 124 valence electrons. The number of nitrogens with zero attached hydrogens (tertiary/aromatic N) is 1. The predicted molar refractivity (Wildman–Crippen MR) is 89.9 cm³/mol. The van der Waals surface area contributed by atoms with Gasteiger partial charge < -0.3 is 15.4 Å². The van der Waals surface area contributed by atoms with Gasteiger partial charge in [0.2, 0.25) is 0 Å². The zero-order valence-electron chi connectivity index (χ0n) is 13.2. The van der Waals surface area contributed by atoms with Crippen LogP contribution in [0.1, 0.15) is 25.5 Å². The minimum Gasteiger partial charge on any atom is -0.466 e. The Morgan fingerprint density at radius 2 is 2.04 bits per heavy atom. The van der Waals surface area contributed by atoms with Crippen molar-refractivity contribution in [2.45, 2.75) is 25.5 Å². The average molecular weight is 346 g/mol. The summed E-state index contributed by atoms with van der Waals surface area (Å²) in [5.41, 5.74) is -0.340. The van der Waals surface area contributed by atoms with Crippen molar-refractivity contribution in [1.29, 1.82) is 0 Å². The fourth-order valence-electron chi connectivity index (χ4n) is 2.42. The molecule has 1 aromatic carbocycles. The van der Waals surface area contributed by atoms with E-state index in [1.54, 1.807) is 42.7 Å². The van der Waals surface area contributed by atoms with E-state index in [9.17, 15) is 9.59 Å².